The Kier molecular flexibility index (Phi) is 4.55. The molecule has 18 heavy (non-hydrogen) atoms. The van der Waals surface area contributed by atoms with Crippen molar-refractivity contribution in [3.8, 4) is 5.75 Å². The molecule has 1 aromatic rings. The van der Waals surface area contributed by atoms with Crippen molar-refractivity contribution in [1.29, 1.82) is 0 Å². The van der Waals surface area contributed by atoms with Crippen LogP contribution in [0.25, 0.3) is 0 Å². The lowest BCUT2D eigenvalue weighted by atomic mass is 10.0. The minimum absolute atomic E-state index is 0.183. The number of hydrogen-bond acceptors (Lipinski definition) is 4. The first-order chi connectivity index (χ1) is 8.74. The highest BCUT2D eigenvalue weighted by Crippen LogP contribution is 2.30. The second-order valence-electron chi connectivity index (χ2n) is 4.72. The average molecular weight is 250 g/mol. The summed E-state index contributed by atoms with van der Waals surface area (Å²) in [7, 11) is 1.96. The van der Waals surface area contributed by atoms with E-state index in [4.69, 9.17) is 9.47 Å². The van der Waals surface area contributed by atoms with Crippen molar-refractivity contribution < 1.29 is 9.47 Å². The Labute approximate surface area is 109 Å². The van der Waals surface area contributed by atoms with Gasteiger partial charge >= 0.3 is 0 Å². The number of nitrogens with one attached hydrogen (secondary N) is 1. The summed E-state index contributed by atoms with van der Waals surface area (Å²) in [6.45, 7) is 4.76. The second kappa shape index (κ2) is 6.16. The highest BCUT2D eigenvalue weighted by atomic mass is 16.5. The zero-order valence-electron chi connectivity index (χ0n) is 11.3. The number of aromatic nitrogens is 1. The van der Waals surface area contributed by atoms with Crippen LogP contribution < -0.4 is 10.1 Å². The van der Waals surface area contributed by atoms with Gasteiger partial charge in [-0.25, -0.2) is 0 Å². The first-order valence-corrected chi connectivity index (χ1v) is 6.65. The molecule has 0 bridgehead atoms. The molecule has 3 atom stereocenters. The van der Waals surface area contributed by atoms with Gasteiger partial charge in [0.15, 0.2) is 0 Å². The SMILES string of the molecule is CCOc1cncc(C(NC)C2CCC(C)O2)c1. The quantitative estimate of drug-likeness (QED) is 0.871. The molecule has 1 aliphatic rings. The first kappa shape index (κ1) is 13.3. The Bertz CT molecular complexity index is 384. The molecule has 0 aromatic carbocycles. The standard InChI is InChI=1S/C14H22N2O2/c1-4-17-12-7-11(8-16-9-12)14(15-3)13-6-5-10(2)18-13/h7-10,13-15H,4-6H2,1-3H3. The van der Waals surface area contributed by atoms with Crippen molar-refractivity contribution >= 4 is 0 Å². The predicted molar refractivity (Wildman–Crippen MR) is 70.8 cm³/mol. The molecular formula is C14H22N2O2. The summed E-state index contributed by atoms with van der Waals surface area (Å²) in [4.78, 5) is 4.24. The molecule has 0 spiro atoms. The van der Waals surface area contributed by atoms with Crippen molar-refractivity contribution in [3.63, 3.8) is 0 Å². The second-order valence-corrected chi connectivity index (χ2v) is 4.72. The molecule has 1 aromatic heterocycles. The Morgan fingerprint density at radius 2 is 2.33 bits per heavy atom. The van der Waals surface area contributed by atoms with Gasteiger partial charge in [0.25, 0.3) is 0 Å². The van der Waals surface area contributed by atoms with Crippen LogP contribution in [0.15, 0.2) is 18.5 Å². The zero-order chi connectivity index (χ0) is 13.0. The van der Waals surface area contributed by atoms with Crippen molar-refractivity contribution in [2.45, 2.75) is 44.9 Å². The Morgan fingerprint density at radius 1 is 1.50 bits per heavy atom. The van der Waals surface area contributed by atoms with E-state index in [0.717, 1.165) is 24.2 Å². The first-order valence-electron chi connectivity index (χ1n) is 6.65. The molecule has 1 fully saturated rings. The van der Waals surface area contributed by atoms with E-state index in [1.54, 1.807) is 6.20 Å². The Morgan fingerprint density at radius 3 is 2.94 bits per heavy atom. The fourth-order valence-corrected chi connectivity index (χ4v) is 2.50. The summed E-state index contributed by atoms with van der Waals surface area (Å²) in [5, 5.41) is 3.33. The topological polar surface area (TPSA) is 43.4 Å². The van der Waals surface area contributed by atoms with E-state index >= 15 is 0 Å². The maximum absolute atomic E-state index is 5.94. The lowest BCUT2D eigenvalue weighted by molar-refractivity contribution is 0.0332. The lowest BCUT2D eigenvalue weighted by Gasteiger charge is -2.23. The zero-order valence-corrected chi connectivity index (χ0v) is 11.3. The highest BCUT2D eigenvalue weighted by molar-refractivity contribution is 5.27. The minimum atomic E-state index is 0.183. The summed E-state index contributed by atoms with van der Waals surface area (Å²) in [6.07, 6.45) is 6.43. The molecule has 0 amide bonds. The molecule has 0 aliphatic carbocycles. The normalized spacial score (nSPS) is 25.1. The van der Waals surface area contributed by atoms with Gasteiger partial charge in [0.2, 0.25) is 0 Å². The maximum Gasteiger partial charge on any atom is 0.137 e. The number of nitrogens with zero attached hydrogens (tertiary/aromatic N) is 1. The van der Waals surface area contributed by atoms with Crippen LogP contribution in [0.5, 0.6) is 5.75 Å². The van der Waals surface area contributed by atoms with E-state index in [2.05, 4.69) is 17.2 Å². The molecule has 0 saturated carbocycles. The van der Waals surface area contributed by atoms with E-state index in [1.165, 1.54) is 0 Å². The van der Waals surface area contributed by atoms with Gasteiger partial charge in [0.1, 0.15) is 5.75 Å². The van der Waals surface area contributed by atoms with Crippen molar-refractivity contribution in [3.05, 3.63) is 24.0 Å². The predicted octanol–water partition coefficient (Wildman–Crippen LogP) is 2.31. The number of hydrogen-bond donors (Lipinski definition) is 1. The van der Waals surface area contributed by atoms with Gasteiger partial charge in [-0.1, -0.05) is 0 Å². The van der Waals surface area contributed by atoms with Crippen LogP contribution in [0, 0.1) is 0 Å². The molecule has 4 heteroatoms. The molecule has 2 heterocycles. The van der Waals surface area contributed by atoms with Gasteiger partial charge in [-0.2, -0.15) is 0 Å². The van der Waals surface area contributed by atoms with Gasteiger partial charge in [0.05, 0.1) is 31.1 Å². The largest absolute Gasteiger partial charge is 0.492 e. The number of pyridine rings is 1. The summed E-state index contributed by atoms with van der Waals surface area (Å²) < 4.78 is 11.4. The van der Waals surface area contributed by atoms with Gasteiger partial charge in [-0.15, -0.1) is 0 Å². The van der Waals surface area contributed by atoms with Crippen LogP contribution in [-0.2, 0) is 4.74 Å². The molecule has 4 nitrogen and oxygen atoms in total. The smallest absolute Gasteiger partial charge is 0.137 e. The third kappa shape index (κ3) is 3.00. The molecular weight excluding hydrogens is 228 g/mol. The fraction of sp³-hybridized carbons (Fsp3) is 0.643. The highest BCUT2D eigenvalue weighted by Gasteiger charge is 2.30. The van der Waals surface area contributed by atoms with Crippen LogP contribution >= 0.6 is 0 Å². The molecule has 1 saturated heterocycles. The molecule has 0 radical (unpaired) electrons. The molecule has 1 aliphatic heterocycles. The van der Waals surface area contributed by atoms with Crippen molar-refractivity contribution in [2.75, 3.05) is 13.7 Å². The third-order valence-corrected chi connectivity index (χ3v) is 3.35. The Balaban J connectivity index is 2.13. The fourth-order valence-electron chi connectivity index (χ4n) is 2.50. The molecule has 100 valence electrons. The van der Waals surface area contributed by atoms with Gasteiger partial charge < -0.3 is 14.8 Å². The van der Waals surface area contributed by atoms with E-state index in [1.807, 2.05) is 26.2 Å². The average Bonchev–Trinajstić information content (AvgIpc) is 2.78. The van der Waals surface area contributed by atoms with Gasteiger partial charge in [-0.3, -0.25) is 4.98 Å². The van der Waals surface area contributed by atoms with Crippen LogP contribution in [0.2, 0.25) is 0 Å². The molecule has 2 rings (SSSR count). The summed E-state index contributed by atoms with van der Waals surface area (Å²) in [6, 6.07) is 2.23. The number of likely N-dealkylation sites (N-methyl/N-ethyl adjacent to an activating group) is 1. The van der Waals surface area contributed by atoms with Crippen LogP contribution in [0.1, 0.15) is 38.3 Å². The van der Waals surface area contributed by atoms with Gasteiger partial charge in [0, 0.05) is 6.20 Å². The maximum atomic E-state index is 5.94. The van der Waals surface area contributed by atoms with Crippen LogP contribution in [-0.4, -0.2) is 30.8 Å². The lowest BCUT2D eigenvalue weighted by Crippen LogP contribution is -2.29. The van der Waals surface area contributed by atoms with Crippen LogP contribution in [0.4, 0.5) is 0 Å². The monoisotopic (exact) mass is 250 g/mol. The van der Waals surface area contributed by atoms with Crippen molar-refractivity contribution in [1.82, 2.24) is 10.3 Å². The summed E-state index contributed by atoms with van der Waals surface area (Å²) >= 11 is 0. The van der Waals surface area contributed by atoms with Crippen molar-refractivity contribution in [2.24, 2.45) is 0 Å². The minimum Gasteiger partial charge on any atom is -0.492 e. The summed E-state index contributed by atoms with van der Waals surface area (Å²) in [5.41, 5.74) is 1.13. The molecule has 1 N–H and O–H groups in total. The van der Waals surface area contributed by atoms with E-state index < -0.39 is 0 Å². The van der Waals surface area contributed by atoms with Crippen LogP contribution in [0.3, 0.4) is 0 Å². The Hall–Kier alpha value is -1.13. The van der Waals surface area contributed by atoms with Gasteiger partial charge in [-0.05, 0) is 45.4 Å². The van der Waals surface area contributed by atoms with E-state index in [9.17, 15) is 0 Å². The molecule has 3 unspecified atom stereocenters. The summed E-state index contributed by atoms with van der Waals surface area (Å²) in [5.74, 6) is 0.821. The van der Waals surface area contributed by atoms with E-state index in [-0.39, 0.29) is 12.1 Å². The number of ether oxygens (including phenoxy) is 2. The number of rotatable bonds is 5. The van der Waals surface area contributed by atoms with E-state index in [0.29, 0.717) is 12.7 Å². The third-order valence-electron chi connectivity index (χ3n) is 3.35.